The fourth-order valence-electron chi connectivity index (χ4n) is 1.35. The molecule has 19 heavy (non-hydrogen) atoms. The number of halogens is 1. The van der Waals surface area contributed by atoms with Crippen LogP contribution in [0, 0.1) is 15.9 Å². The molecule has 0 spiro atoms. The van der Waals surface area contributed by atoms with Crippen molar-refractivity contribution in [3.63, 3.8) is 0 Å². The number of hydrogen-bond acceptors (Lipinski definition) is 5. The third-order valence-electron chi connectivity index (χ3n) is 2.24. The first-order valence-corrected chi connectivity index (χ1v) is 6.43. The zero-order chi connectivity index (χ0) is 14.4. The topological polar surface area (TPSA) is 86.2 Å². The van der Waals surface area contributed by atoms with Gasteiger partial charge in [0.15, 0.2) is 10.9 Å². The predicted molar refractivity (Wildman–Crippen MR) is 74.3 cm³/mol. The van der Waals surface area contributed by atoms with Gasteiger partial charge in [0.05, 0.1) is 16.7 Å². The first-order chi connectivity index (χ1) is 8.91. The van der Waals surface area contributed by atoms with E-state index in [0.29, 0.717) is 12.2 Å². The Morgan fingerprint density at radius 2 is 2.26 bits per heavy atom. The van der Waals surface area contributed by atoms with Crippen LogP contribution < -0.4 is 5.73 Å². The van der Waals surface area contributed by atoms with Crippen molar-refractivity contribution < 1.29 is 14.1 Å². The van der Waals surface area contributed by atoms with Gasteiger partial charge < -0.3 is 5.73 Å². The second-order valence-electron chi connectivity index (χ2n) is 3.72. The molecule has 7 heteroatoms. The third kappa shape index (κ3) is 4.70. The number of non-ortho nitro benzene ring substituents is 1. The number of benzene rings is 1. The van der Waals surface area contributed by atoms with Gasteiger partial charge in [-0.15, -0.1) is 0 Å². The lowest BCUT2D eigenvalue weighted by Crippen LogP contribution is -1.97. The quantitative estimate of drug-likeness (QED) is 0.389. The molecule has 0 fully saturated rings. The van der Waals surface area contributed by atoms with E-state index in [1.807, 2.05) is 0 Å². The van der Waals surface area contributed by atoms with E-state index in [9.17, 15) is 19.3 Å². The minimum atomic E-state index is -0.813. The average molecular weight is 284 g/mol. The molecule has 0 bridgehead atoms. The fourth-order valence-corrected chi connectivity index (χ4v) is 1.89. The molecule has 0 amide bonds. The number of rotatable bonds is 5. The molecule has 0 aliphatic carbocycles. The van der Waals surface area contributed by atoms with Crippen molar-refractivity contribution in [2.45, 2.75) is 13.3 Å². The van der Waals surface area contributed by atoms with E-state index in [1.165, 1.54) is 30.8 Å². The standard InChI is InChI=1S/C12H13FN2O3S/c1-8(16)19-5-3-2-4-9-6-10(15(17)18)7-11(13)12(9)14/h2,4,6-7H,3,5,14H2,1H3. The molecule has 2 N–H and O–H groups in total. The summed E-state index contributed by atoms with van der Waals surface area (Å²) in [7, 11) is 0. The number of nitrogens with zero attached hydrogens (tertiary/aromatic N) is 1. The summed E-state index contributed by atoms with van der Waals surface area (Å²) in [4.78, 5) is 20.6. The van der Waals surface area contributed by atoms with Crippen LogP contribution in [-0.4, -0.2) is 15.8 Å². The Balaban J connectivity index is 2.79. The second kappa shape index (κ2) is 6.89. The van der Waals surface area contributed by atoms with Gasteiger partial charge in [-0.3, -0.25) is 14.9 Å². The molecule has 0 saturated carbocycles. The monoisotopic (exact) mass is 284 g/mol. The molecule has 0 heterocycles. The summed E-state index contributed by atoms with van der Waals surface area (Å²) in [6, 6.07) is 2.01. The lowest BCUT2D eigenvalue weighted by Gasteiger charge is -2.02. The number of carbonyl (C=O) groups is 1. The number of carbonyl (C=O) groups excluding carboxylic acids is 1. The number of nitrogen functional groups attached to an aromatic ring is 1. The zero-order valence-corrected chi connectivity index (χ0v) is 11.1. The average Bonchev–Trinajstić information content (AvgIpc) is 2.33. The molecular formula is C12H13FN2O3S. The smallest absolute Gasteiger partial charge is 0.273 e. The summed E-state index contributed by atoms with van der Waals surface area (Å²) in [6.07, 6.45) is 3.81. The Hall–Kier alpha value is -1.89. The Morgan fingerprint density at radius 3 is 2.84 bits per heavy atom. The van der Waals surface area contributed by atoms with Crippen LogP contribution in [0.3, 0.4) is 0 Å². The van der Waals surface area contributed by atoms with Crippen molar-refractivity contribution in [3.05, 3.63) is 39.7 Å². The summed E-state index contributed by atoms with van der Waals surface area (Å²) < 4.78 is 13.4. The molecule has 0 unspecified atom stereocenters. The molecule has 0 radical (unpaired) electrons. The van der Waals surface area contributed by atoms with E-state index in [4.69, 9.17) is 5.73 Å². The second-order valence-corrected chi connectivity index (χ2v) is 4.99. The molecule has 0 aliphatic rings. The summed E-state index contributed by atoms with van der Waals surface area (Å²) in [5.41, 5.74) is 5.30. The molecule has 0 aromatic heterocycles. The van der Waals surface area contributed by atoms with Crippen molar-refractivity contribution in [2.24, 2.45) is 0 Å². The molecule has 0 saturated heterocycles. The highest BCUT2D eigenvalue weighted by Crippen LogP contribution is 2.24. The molecule has 5 nitrogen and oxygen atoms in total. The van der Waals surface area contributed by atoms with Crippen molar-refractivity contribution >= 4 is 34.3 Å². The summed E-state index contributed by atoms with van der Waals surface area (Å²) in [5.74, 6) is -0.213. The van der Waals surface area contributed by atoms with E-state index >= 15 is 0 Å². The molecule has 0 atom stereocenters. The molecule has 1 aromatic carbocycles. The Kier molecular flexibility index (Phi) is 5.50. The minimum Gasteiger partial charge on any atom is -0.396 e. The molecule has 0 aliphatic heterocycles. The number of nitrogens with two attached hydrogens (primary N) is 1. The summed E-state index contributed by atoms with van der Waals surface area (Å²) in [5, 5.41) is 10.6. The van der Waals surface area contributed by atoms with Gasteiger partial charge in [0.25, 0.3) is 5.69 Å². The lowest BCUT2D eigenvalue weighted by atomic mass is 10.1. The van der Waals surface area contributed by atoms with Crippen LogP contribution in [0.5, 0.6) is 0 Å². The van der Waals surface area contributed by atoms with Gasteiger partial charge in [-0.2, -0.15) is 0 Å². The number of hydrogen-bond donors (Lipinski definition) is 1. The minimum absolute atomic E-state index is 0.0225. The van der Waals surface area contributed by atoms with E-state index < -0.39 is 10.7 Å². The summed E-state index contributed by atoms with van der Waals surface area (Å²) >= 11 is 1.18. The van der Waals surface area contributed by atoms with E-state index in [-0.39, 0.29) is 22.1 Å². The normalized spacial score (nSPS) is 10.8. The van der Waals surface area contributed by atoms with Crippen molar-refractivity contribution in [1.82, 2.24) is 0 Å². The van der Waals surface area contributed by atoms with Crippen molar-refractivity contribution in [2.75, 3.05) is 11.5 Å². The molecule has 1 rings (SSSR count). The van der Waals surface area contributed by atoms with E-state index in [1.54, 1.807) is 6.08 Å². The molecule has 102 valence electrons. The number of nitro groups is 1. The maximum atomic E-state index is 13.4. The zero-order valence-electron chi connectivity index (χ0n) is 10.3. The van der Waals surface area contributed by atoms with Crippen molar-refractivity contribution in [1.29, 1.82) is 0 Å². The van der Waals surface area contributed by atoms with Crippen LogP contribution >= 0.6 is 11.8 Å². The Morgan fingerprint density at radius 1 is 1.58 bits per heavy atom. The third-order valence-corrected chi connectivity index (χ3v) is 3.09. The molecule has 1 aromatic rings. The Labute approximate surface area is 113 Å². The van der Waals surface area contributed by atoms with Crippen LogP contribution in [0.2, 0.25) is 0 Å². The van der Waals surface area contributed by atoms with Gasteiger partial charge in [0.2, 0.25) is 0 Å². The van der Waals surface area contributed by atoms with Gasteiger partial charge in [0.1, 0.15) is 0 Å². The van der Waals surface area contributed by atoms with Gasteiger partial charge in [-0.25, -0.2) is 4.39 Å². The van der Waals surface area contributed by atoms with Gasteiger partial charge in [-0.05, 0) is 6.42 Å². The first kappa shape index (κ1) is 15.2. The number of allylic oxidation sites excluding steroid dienone is 1. The predicted octanol–water partition coefficient (Wildman–Crippen LogP) is 3.00. The van der Waals surface area contributed by atoms with Crippen LogP contribution in [-0.2, 0) is 4.79 Å². The van der Waals surface area contributed by atoms with Crippen LogP contribution in [0.15, 0.2) is 18.2 Å². The number of nitro benzene ring substituents is 1. The summed E-state index contributed by atoms with van der Waals surface area (Å²) in [6.45, 7) is 1.47. The van der Waals surface area contributed by atoms with E-state index in [2.05, 4.69) is 0 Å². The first-order valence-electron chi connectivity index (χ1n) is 5.45. The van der Waals surface area contributed by atoms with E-state index in [0.717, 1.165) is 6.07 Å². The van der Waals surface area contributed by atoms with Crippen molar-refractivity contribution in [3.8, 4) is 0 Å². The number of thioether (sulfide) groups is 1. The SMILES string of the molecule is CC(=O)SCCC=Cc1cc([N+](=O)[O-])cc(F)c1N. The lowest BCUT2D eigenvalue weighted by molar-refractivity contribution is -0.385. The maximum absolute atomic E-state index is 13.4. The highest BCUT2D eigenvalue weighted by Gasteiger charge is 2.12. The van der Waals surface area contributed by atoms with Gasteiger partial charge in [0, 0.05) is 24.3 Å². The highest BCUT2D eigenvalue weighted by atomic mass is 32.2. The highest BCUT2D eigenvalue weighted by molar-refractivity contribution is 8.13. The molecular weight excluding hydrogens is 271 g/mol. The maximum Gasteiger partial charge on any atom is 0.273 e. The van der Waals surface area contributed by atoms with Crippen LogP contribution in [0.1, 0.15) is 18.9 Å². The van der Waals surface area contributed by atoms with Gasteiger partial charge >= 0.3 is 0 Å². The van der Waals surface area contributed by atoms with Gasteiger partial charge in [-0.1, -0.05) is 23.9 Å². The fraction of sp³-hybridized carbons (Fsp3) is 0.250. The Bertz CT molecular complexity index is 532. The largest absolute Gasteiger partial charge is 0.396 e. The number of anilines is 1. The van der Waals surface area contributed by atoms with Crippen LogP contribution in [0.25, 0.3) is 6.08 Å². The van der Waals surface area contributed by atoms with Crippen LogP contribution in [0.4, 0.5) is 15.8 Å².